The van der Waals surface area contributed by atoms with Gasteiger partial charge in [-0.25, -0.2) is 5.43 Å². The van der Waals surface area contributed by atoms with E-state index in [4.69, 9.17) is 16.3 Å². The summed E-state index contributed by atoms with van der Waals surface area (Å²) in [6, 6.07) is 13.1. The third-order valence-corrected chi connectivity index (χ3v) is 3.74. The Labute approximate surface area is 146 Å². The fourth-order valence-electron chi connectivity index (χ4n) is 1.93. The van der Waals surface area contributed by atoms with Crippen molar-refractivity contribution in [2.75, 3.05) is 25.6 Å². The van der Waals surface area contributed by atoms with Crippen molar-refractivity contribution in [3.63, 3.8) is 0 Å². The predicted molar refractivity (Wildman–Crippen MR) is 98.2 cm³/mol. The molecule has 2 aromatic rings. The molecule has 0 radical (unpaired) electrons. The van der Waals surface area contributed by atoms with Gasteiger partial charge < -0.3 is 9.64 Å². The lowest BCUT2D eigenvalue weighted by Gasteiger charge is -2.11. The minimum absolute atomic E-state index is 0.113. The molecular weight excluding hydrogens is 326 g/mol. The molecule has 0 atom stereocenters. The van der Waals surface area contributed by atoms with Gasteiger partial charge in [0.25, 0.3) is 5.91 Å². The lowest BCUT2D eigenvalue weighted by atomic mass is 10.2. The molecule has 0 unspecified atom stereocenters. The van der Waals surface area contributed by atoms with E-state index in [2.05, 4.69) is 10.5 Å². The van der Waals surface area contributed by atoms with Crippen molar-refractivity contribution in [2.45, 2.75) is 6.92 Å². The minimum atomic E-state index is -0.330. The number of nitrogens with zero attached hydrogens (tertiary/aromatic N) is 2. The van der Waals surface area contributed by atoms with Crippen LogP contribution in [0, 0.1) is 6.92 Å². The smallest absolute Gasteiger partial charge is 0.277 e. The summed E-state index contributed by atoms with van der Waals surface area (Å²) >= 11 is 5.94. The van der Waals surface area contributed by atoms with Gasteiger partial charge in [0, 0.05) is 24.8 Å². The van der Waals surface area contributed by atoms with Gasteiger partial charge in [-0.3, -0.25) is 4.79 Å². The van der Waals surface area contributed by atoms with Gasteiger partial charge in [-0.1, -0.05) is 23.7 Å². The number of benzene rings is 2. The maximum atomic E-state index is 11.7. The minimum Gasteiger partial charge on any atom is -0.484 e. The van der Waals surface area contributed by atoms with Gasteiger partial charge in [0.1, 0.15) is 5.75 Å². The average molecular weight is 346 g/mol. The molecule has 6 heteroatoms. The largest absolute Gasteiger partial charge is 0.484 e. The Kier molecular flexibility index (Phi) is 6.21. The van der Waals surface area contributed by atoms with Crippen LogP contribution >= 0.6 is 11.6 Å². The summed E-state index contributed by atoms with van der Waals surface area (Å²) in [5.74, 6) is 0.263. The lowest BCUT2D eigenvalue weighted by molar-refractivity contribution is -0.123. The summed E-state index contributed by atoms with van der Waals surface area (Å²) in [6.07, 6.45) is 1.59. The van der Waals surface area contributed by atoms with E-state index >= 15 is 0 Å². The molecule has 1 amide bonds. The van der Waals surface area contributed by atoms with Crippen LogP contribution in [0.15, 0.2) is 47.6 Å². The quantitative estimate of drug-likeness (QED) is 0.646. The summed E-state index contributed by atoms with van der Waals surface area (Å²) in [4.78, 5) is 13.7. The van der Waals surface area contributed by atoms with Crippen molar-refractivity contribution >= 4 is 29.4 Å². The van der Waals surface area contributed by atoms with Crippen molar-refractivity contribution in [1.29, 1.82) is 0 Å². The first-order chi connectivity index (χ1) is 11.5. The van der Waals surface area contributed by atoms with Crippen molar-refractivity contribution in [1.82, 2.24) is 5.43 Å². The zero-order chi connectivity index (χ0) is 17.5. The molecule has 0 spiro atoms. The van der Waals surface area contributed by atoms with Gasteiger partial charge >= 0.3 is 0 Å². The maximum absolute atomic E-state index is 11.7. The lowest BCUT2D eigenvalue weighted by Crippen LogP contribution is -2.24. The van der Waals surface area contributed by atoms with Crippen LogP contribution in [0.3, 0.4) is 0 Å². The highest BCUT2D eigenvalue weighted by Gasteiger charge is 2.03. The number of rotatable bonds is 6. The monoisotopic (exact) mass is 345 g/mol. The number of nitrogens with one attached hydrogen (secondary N) is 1. The Bertz CT molecular complexity index is 728. The molecule has 24 heavy (non-hydrogen) atoms. The van der Waals surface area contributed by atoms with Gasteiger partial charge in [-0.05, 0) is 48.4 Å². The fourth-order valence-corrected chi connectivity index (χ4v) is 2.04. The van der Waals surface area contributed by atoms with Crippen LogP contribution in [-0.4, -0.2) is 32.8 Å². The van der Waals surface area contributed by atoms with E-state index < -0.39 is 0 Å². The second kappa shape index (κ2) is 8.36. The number of anilines is 1. The number of hydrogen-bond donors (Lipinski definition) is 1. The number of halogens is 1. The molecule has 5 nitrogen and oxygen atoms in total. The molecule has 0 saturated carbocycles. The van der Waals surface area contributed by atoms with Crippen LogP contribution in [0.2, 0.25) is 5.02 Å². The van der Waals surface area contributed by atoms with E-state index in [1.807, 2.05) is 50.2 Å². The van der Waals surface area contributed by atoms with E-state index in [1.54, 1.807) is 24.4 Å². The molecule has 0 aliphatic heterocycles. The predicted octanol–water partition coefficient (Wildman–Crippen LogP) is 3.24. The molecular formula is C18H20ClN3O2. The summed E-state index contributed by atoms with van der Waals surface area (Å²) in [5, 5.41) is 4.58. The van der Waals surface area contributed by atoms with Crippen molar-refractivity contribution in [2.24, 2.45) is 5.10 Å². The van der Waals surface area contributed by atoms with Crippen molar-refractivity contribution in [3.8, 4) is 5.75 Å². The molecule has 2 aromatic carbocycles. The van der Waals surface area contributed by atoms with E-state index in [0.29, 0.717) is 10.8 Å². The van der Waals surface area contributed by atoms with Gasteiger partial charge in [0.05, 0.1) is 6.21 Å². The first-order valence-electron chi connectivity index (χ1n) is 7.44. The zero-order valence-corrected chi connectivity index (χ0v) is 14.7. The van der Waals surface area contributed by atoms with E-state index in [-0.39, 0.29) is 12.5 Å². The zero-order valence-electron chi connectivity index (χ0n) is 13.9. The van der Waals surface area contributed by atoms with Crippen LogP contribution in [0.5, 0.6) is 5.75 Å². The second-order valence-corrected chi connectivity index (χ2v) is 5.89. The number of carbonyl (C=O) groups is 1. The number of aryl methyl sites for hydroxylation is 1. The second-order valence-electron chi connectivity index (χ2n) is 5.48. The highest BCUT2D eigenvalue weighted by atomic mass is 35.5. The molecule has 126 valence electrons. The summed E-state index contributed by atoms with van der Waals surface area (Å²) in [7, 11) is 3.96. The number of carbonyl (C=O) groups excluding carboxylic acids is 1. The Hall–Kier alpha value is -2.53. The fraction of sp³-hybridized carbons (Fsp3) is 0.222. The molecule has 0 fully saturated rings. The molecule has 0 heterocycles. The molecule has 0 bridgehead atoms. The van der Waals surface area contributed by atoms with E-state index in [9.17, 15) is 4.79 Å². The van der Waals surface area contributed by atoms with Crippen LogP contribution < -0.4 is 15.1 Å². The molecule has 0 saturated heterocycles. The number of hydrogen-bond acceptors (Lipinski definition) is 4. The van der Waals surface area contributed by atoms with Crippen LogP contribution in [-0.2, 0) is 4.79 Å². The average Bonchev–Trinajstić information content (AvgIpc) is 2.56. The Balaban J connectivity index is 1.80. The number of ether oxygens (including phenoxy) is 1. The first-order valence-corrected chi connectivity index (χ1v) is 7.82. The van der Waals surface area contributed by atoms with E-state index in [0.717, 1.165) is 16.8 Å². The summed E-state index contributed by atoms with van der Waals surface area (Å²) in [6.45, 7) is 1.76. The van der Waals surface area contributed by atoms with Crippen LogP contribution in [0.4, 0.5) is 5.69 Å². The Morgan fingerprint density at radius 2 is 1.96 bits per heavy atom. The Morgan fingerprint density at radius 3 is 2.58 bits per heavy atom. The molecule has 0 aliphatic carbocycles. The van der Waals surface area contributed by atoms with Gasteiger partial charge in [-0.2, -0.15) is 5.10 Å². The Morgan fingerprint density at radius 1 is 1.25 bits per heavy atom. The van der Waals surface area contributed by atoms with Gasteiger partial charge in [0.15, 0.2) is 6.61 Å². The highest BCUT2D eigenvalue weighted by molar-refractivity contribution is 6.31. The number of hydrazone groups is 1. The molecule has 0 aromatic heterocycles. The molecule has 0 aliphatic rings. The highest BCUT2D eigenvalue weighted by Crippen LogP contribution is 2.20. The van der Waals surface area contributed by atoms with Crippen molar-refractivity contribution in [3.05, 3.63) is 58.6 Å². The van der Waals surface area contributed by atoms with Gasteiger partial charge in [-0.15, -0.1) is 0 Å². The topological polar surface area (TPSA) is 53.9 Å². The number of amides is 1. The SMILES string of the molecule is Cc1cc(OCC(=O)NN=Cc2ccc(N(C)C)cc2)ccc1Cl. The molecule has 2 rings (SSSR count). The maximum Gasteiger partial charge on any atom is 0.277 e. The normalized spacial score (nSPS) is 10.7. The van der Waals surface area contributed by atoms with E-state index in [1.165, 1.54) is 0 Å². The third-order valence-electron chi connectivity index (χ3n) is 3.31. The summed E-state index contributed by atoms with van der Waals surface area (Å²) < 4.78 is 5.40. The van der Waals surface area contributed by atoms with Crippen LogP contribution in [0.1, 0.15) is 11.1 Å². The summed E-state index contributed by atoms with van der Waals surface area (Å²) in [5.41, 5.74) is 5.33. The van der Waals surface area contributed by atoms with Crippen molar-refractivity contribution < 1.29 is 9.53 Å². The standard InChI is InChI=1S/C18H20ClN3O2/c1-13-10-16(8-9-17(13)19)24-12-18(23)21-20-11-14-4-6-15(7-5-14)22(2)3/h4-11H,12H2,1-3H3,(H,21,23). The van der Waals surface area contributed by atoms with Crippen LogP contribution in [0.25, 0.3) is 0 Å². The molecule has 1 N–H and O–H groups in total. The van der Waals surface area contributed by atoms with Gasteiger partial charge in [0.2, 0.25) is 0 Å². The first kappa shape index (κ1) is 17.8. The third kappa shape index (κ3) is 5.28.